The zero-order valence-corrected chi connectivity index (χ0v) is 15.3. The first-order chi connectivity index (χ1) is 13.7. The number of aliphatic imine (C=N–C) groups is 1. The average Bonchev–Trinajstić information content (AvgIpc) is 3.18. The molecule has 0 spiro atoms. The van der Waals surface area contributed by atoms with E-state index in [1.165, 1.54) is 19.6 Å². The Morgan fingerprint density at radius 1 is 1.21 bits per heavy atom. The highest BCUT2D eigenvalue weighted by atomic mass is 16.5. The summed E-state index contributed by atoms with van der Waals surface area (Å²) in [6.45, 7) is 3.78. The molecular formula is C22H18N2O4. The largest absolute Gasteiger partial charge is 0.495 e. The number of furan rings is 1. The van der Waals surface area contributed by atoms with Crippen molar-refractivity contribution in [3.05, 3.63) is 76.9 Å². The van der Waals surface area contributed by atoms with Gasteiger partial charge in [-0.1, -0.05) is 18.2 Å². The first kappa shape index (κ1) is 17.6. The van der Waals surface area contributed by atoms with Crippen LogP contribution in [0.15, 0.2) is 74.1 Å². The third kappa shape index (κ3) is 2.75. The molecule has 2 heterocycles. The number of hydrogen-bond acceptors (Lipinski definition) is 6. The molecule has 2 N–H and O–H groups in total. The molecule has 4 rings (SSSR count). The lowest BCUT2D eigenvalue weighted by molar-refractivity contribution is 0.423. The molecule has 0 saturated heterocycles. The molecule has 2 aromatic heterocycles. The molecule has 28 heavy (non-hydrogen) atoms. The Morgan fingerprint density at radius 3 is 2.79 bits per heavy atom. The summed E-state index contributed by atoms with van der Waals surface area (Å²) in [6.07, 6.45) is 6.61. The van der Waals surface area contributed by atoms with Crippen molar-refractivity contribution in [3.63, 3.8) is 0 Å². The topological polar surface area (TPSA) is 91.0 Å². The van der Waals surface area contributed by atoms with Crippen LogP contribution in [0.4, 0.5) is 11.4 Å². The molecule has 0 radical (unpaired) electrons. The molecule has 140 valence electrons. The first-order valence-electron chi connectivity index (χ1n) is 8.66. The lowest BCUT2D eigenvalue weighted by atomic mass is 10.0. The van der Waals surface area contributed by atoms with Gasteiger partial charge in [0.15, 0.2) is 0 Å². The fraction of sp³-hybridized carbons (Fsp3) is 0.0909. The third-order valence-electron chi connectivity index (χ3n) is 4.54. The number of allylic oxidation sites excluding steroid dienone is 1. The highest BCUT2D eigenvalue weighted by Gasteiger charge is 2.21. The van der Waals surface area contributed by atoms with Crippen LogP contribution in [0.25, 0.3) is 21.9 Å². The van der Waals surface area contributed by atoms with Crippen molar-refractivity contribution in [1.29, 1.82) is 0 Å². The van der Waals surface area contributed by atoms with E-state index >= 15 is 0 Å². The maximum Gasteiger partial charge on any atom is 0.205 e. The number of ether oxygens (including phenoxy) is 1. The molecule has 0 aliphatic heterocycles. The Bertz CT molecular complexity index is 1280. The summed E-state index contributed by atoms with van der Waals surface area (Å²) in [5.41, 5.74) is 8.84. The summed E-state index contributed by atoms with van der Waals surface area (Å²) < 4.78 is 17.0. The standard InChI is InChI=1S/C22H18N2O4/c1-3-6-14-20-15(9-10-27-20)21(26-2)18-19(25)13(12-28-22(14)18)11-24-17-8-5-4-7-16(17)23/h3-5,7-12H,1,6,23H2,2H3. The van der Waals surface area contributed by atoms with Crippen LogP contribution in [0, 0.1) is 0 Å². The summed E-state index contributed by atoms with van der Waals surface area (Å²) in [5.74, 6) is 0.412. The highest BCUT2D eigenvalue weighted by molar-refractivity contribution is 6.05. The van der Waals surface area contributed by atoms with E-state index in [0.717, 1.165) is 5.56 Å². The average molecular weight is 374 g/mol. The molecule has 0 aliphatic rings. The van der Waals surface area contributed by atoms with Gasteiger partial charge < -0.3 is 19.3 Å². The minimum Gasteiger partial charge on any atom is -0.495 e. The fourth-order valence-corrected chi connectivity index (χ4v) is 3.25. The Kier molecular flexibility index (Phi) is 4.45. The van der Waals surface area contributed by atoms with Crippen LogP contribution in [0.5, 0.6) is 5.75 Å². The summed E-state index contributed by atoms with van der Waals surface area (Å²) in [5, 5.41) is 1.05. The van der Waals surface area contributed by atoms with Crippen LogP contribution in [0.3, 0.4) is 0 Å². The number of methoxy groups -OCH3 is 1. The lowest BCUT2D eigenvalue weighted by Crippen LogP contribution is -2.10. The van der Waals surface area contributed by atoms with Gasteiger partial charge >= 0.3 is 0 Å². The molecule has 0 atom stereocenters. The molecule has 2 aromatic carbocycles. The second kappa shape index (κ2) is 7.08. The van der Waals surface area contributed by atoms with E-state index in [9.17, 15) is 4.79 Å². The van der Waals surface area contributed by atoms with Crippen LogP contribution in [-0.4, -0.2) is 13.3 Å². The SMILES string of the molecule is C=CCc1c2occc2c(OC)c2c(=O)c(C=Nc3ccccc3N)coc12. The van der Waals surface area contributed by atoms with Crippen molar-refractivity contribution in [3.8, 4) is 5.75 Å². The van der Waals surface area contributed by atoms with Gasteiger partial charge in [-0.2, -0.15) is 0 Å². The Labute approximate surface area is 160 Å². The molecule has 0 fully saturated rings. The smallest absolute Gasteiger partial charge is 0.205 e. The zero-order chi connectivity index (χ0) is 19.7. The van der Waals surface area contributed by atoms with Crippen LogP contribution in [-0.2, 0) is 6.42 Å². The Morgan fingerprint density at radius 2 is 2.04 bits per heavy atom. The number of nitrogen functional groups attached to an aromatic ring is 1. The molecule has 0 saturated carbocycles. The number of anilines is 1. The van der Waals surface area contributed by atoms with E-state index in [1.807, 2.05) is 12.1 Å². The van der Waals surface area contributed by atoms with Gasteiger partial charge in [0.05, 0.1) is 35.7 Å². The van der Waals surface area contributed by atoms with Crippen LogP contribution in [0.1, 0.15) is 11.1 Å². The van der Waals surface area contributed by atoms with Crippen molar-refractivity contribution >= 4 is 39.5 Å². The van der Waals surface area contributed by atoms with Gasteiger partial charge in [-0.05, 0) is 24.6 Å². The van der Waals surface area contributed by atoms with Crippen molar-refractivity contribution in [2.45, 2.75) is 6.42 Å². The number of benzene rings is 2. The van der Waals surface area contributed by atoms with Crippen LogP contribution in [0.2, 0.25) is 0 Å². The van der Waals surface area contributed by atoms with Crippen molar-refractivity contribution in [1.82, 2.24) is 0 Å². The predicted molar refractivity (Wildman–Crippen MR) is 111 cm³/mol. The number of nitrogens with two attached hydrogens (primary N) is 1. The van der Waals surface area contributed by atoms with Crippen molar-refractivity contribution < 1.29 is 13.6 Å². The van der Waals surface area contributed by atoms with Crippen LogP contribution >= 0.6 is 0 Å². The van der Waals surface area contributed by atoms with Gasteiger partial charge in [-0.25, -0.2) is 0 Å². The predicted octanol–water partition coefficient (Wildman–Crippen LogP) is 4.61. The van der Waals surface area contributed by atoms with Crippen LogP contribution < -0.4 is 15.9 Å². The molecule has 0 amide bonds. The van der Waals surface area contributed by atoms with E-state index in [0.29, 0.717) is 51.0 Å². The van der Waals surface area contributed by atoms with Gasteiger partial charge in [-0.15, -0.1) is 6.58 Å². The van der Waals surface area contributed by atoms with Crippen molar-refractivity contribution in [2.75, 3.05) is 12.8 Å². The molecule has 0 bridgehead atoms. The number of fused-ring (bicyclic) bond motifs is 2. The Hall–Kier alpha value is -3.80. The molecule has 0 unspecified atom stereocenters. The number of para-hydroxylation sites is 2. The highest BCUT2D eigenvalue weighted by Crippen LogP contribution is 2.37. The fourth-order valence-electron chi connectivity index (χ4n) is 3.25. The first-order valence-corrected chi connectivity index (χ1v) is 8.66. The monoisotopic (exact) mass is 374 g/mol. The molecule has 4 aromatic rings. The van der Waals surface area contributed by atoms with E-state index in [2.05, 4.69) is 11.6 Å². The normalized spacial score (nSPS) is 11.5. The van der Waals surface area contributed by atoms with Gasteiger partial charge in [0, 0.05) is 11.8 Å². The second-order valence-corrected chi connectivity index (χ2v) is 6.21. The number of hydrogen-bond donors (Lipinski definition) is 1. The van der Waals surface area contributed by atoms with Gasteiger partial charge in [0.1, 0.15) is 28.6 Å². The number of rotatable bonds is 5. The van der Waals surface area contributed by atoms with Gasteiger partial charge in [0.2, 0.25) is 5.43 Å². The molecule has 6 heteroatoms. The summed E-state index contributed by atoms with van der Waals surface area (Å²) in [7, 11) is 1.51. The zero-order valence-electron chi connectivity index (χ0n) is 15.3. The molecule has 0 aliphatic carbocycles. The summed E-state index contributed by atoms with van der Waals surface area (Å²) in [4.78, 5) is 17.5. The minimum atomic E-state index is -0.246. The maximum absolute atomic E-state index is 13.2. The minimum absolute atomic E-state index is 0.246. The lowest BCUT2D eigenvalue weighted by Gasteiger charge is -2.10. The molecule has 6 nitrogen and oxygen atoms in total. The summed E-state index contributed by atoms with van der Waals surface area (Å²) in [6, 6.07) is 8.93. The van der Waals surface area contributed by atoms with Gasteiger partial charge in [0.25, 0.3) is 0 Å². The van der Waals surface area contributed by atoms with Crippen molar-refractivity contribution in [2.24, 2.45) is 4.99 Å². The Balaban J connectivity index is 1.98. The summed E-state index contributed by atoms with van der Waals surface area (Å²) >= 11 is 0. The second-order valence-electron chi connectivity index (χ2n) is 6.21. The third-order valence-corrected chi connectivity index (χ3v) is 4.54. The van der Waals surface area contributed by atoms with E-state index < -0.39 is 0 Å². The van der Waals surface area contributed by atoms with E-state index in [4.69, 9.17) is 19.3 Å². The maximum atomic E-state index is 13.2. The quantitative estimate of drug-likeness (QED) is 0.313. The van der Waals surface area contributed by atoms with E-state index in [1.54, 1.807) is 30.5 Å². The van der Waals surface area contributed by atoms with E-state index in [-0.39, 0.29) is 5.43 Å². The molecular weight excluding hydrogens is 356 g/mol. The van der Waals surface area contributed by atoms with Gasteiger partial charge in [-0.3, -0.25) is 9.79 Å². The number of nitrogens with zero attached hydrogens (tertiary/aromatic N) is 1.